The third-order valence-electron chi connectivity index (χ3n) is 6.46. The number of carbonyl (C=O) groups is 3. The van der Waals surface area contributed by atoms with Crippen molar-refractivity contribution in [2.75, 3.05) is 10.2 Å². The number of hydrogen-bond donors (Lipinski definition) is 2. The third kappa shape index (κ3) is 7.01. The molecule has 1 unspecified atom stereocenters. The molecule has 0 aliphatic rings. The molecule has 0 saturated carbocycles. The number of halogens is 1. The van der Waals surface area contributed by atoms with Crippen LogP contribution in [-0.2, 0) is 14.4 Å². The zero-order valence-electron chi connectivity index (χ0n) is 22.7. The Morgan fingerprint density at radius 1 is 1.03 bits per heavy atom. The Bertz CT molecular complexity index is 1300. The van der Waals surface area contributed by atoms with Crippen LogP contribution in [0.15, 0.2) is 53.1 Å². The molecule has 0 radical (unpaired) electrons. The highest BCUT2D eigenvalue weighted by Crippen LogP contribution is 2.36. The predicted molar refractivity (Wildman–Crippen MR) is 149 cm³/mol. The largest absolute Gasteiger partial charge is 0.360 e. The van der Waals surface area contributed by atoms with Gasteiger partial charge in [-0.2, -0.15) is 0 Å². The van der Waals surface area contributed by atoms with Crippen molar-refractivity contribution in [3.63, 3.8) is 0 Å². The van der Waals surface area contributed by atoms with Crippen molar-refractivity contribution in [3.8, 4) is 0 Å². The second-order valence-electron chi connectivity index (χ2n) is 10.0. The summed E-state index contributed by atoms with van der Waals surface area (Å²) in [5, 5.41) is 9.85. The molecule has 2 aromatic carbocycles. The van der Waals surface area contributed by atoms with Gasteiger partial charge in [-0.25, -0.2) is 0 Å². The van der Waals surface area contributed by atoms with E-state index in [0.29, 0.717) is 28.5 Å². The number of hydrogen-bond acceptors (Lipinski definition) is 5. The van der Waals surface area contributed by atoms with Crippen molar-refractivity contribution in [1.82, 2.24) is 10.5 Å². The van der Waals surface area contributed by atoms with Gasteiger partial charge in [-0.15, -0.1) is 0 Å². The molecule has 0 spiro atoms. The molecule has 0 aliphatic carbocycles. The first-order chi connectivity index (χ1) is 17.9. The summed E-state index contributed by atoms with van der Waals surface area (Å²) in [6, 6.07) is 13.2. The van der Waals surface area contributed by atoms with Gasteiger partial charge >= 0.3 is 0 Å². The molecular formula is C29H35ClN4O4. The minimum Gasteiger partial charge on any atom is -0.360 e. The molecule has 2 N–H and O–H groups in total. The first-order valence-electron chi connectivity index (χ1n) is 12.6. The zero-order chi connectivity index (χ0) is 28.0. The minimum atomic E-state index is -1.05. The first kappa shape index (κ1) is 28.9. The SMILES string of the molecule is CCC(C)(C)NC(=O)C(c1ccccc1Cl)N(C(=O)CCC(=O)Nc1cc(C)on1)c1c(C)cccc1C. The van der Waals surface area contributed by atoms with Crippen LogP contribution >= 0.6 is 11.6 Å². The highest BCUT2D eigenvalue weighted by Gasteiger charge is 2.37. The molecule has 3 rings (SSSR count). The standard InChI is InChI=1S/C29H35ClN4O4/c1-7-29(5,6)32-28(37)27(21-13-8-9-14-22(21)30)34(26-18(2)11-10-12-19(26)3)25(36)16-15-24(35)31-23-17-20(4)38-33-23/h8-14,17,27H,7,15-16H2,1-6H3,(H,32,37)(H,31,33,35). The Morgan fingerprint density at radius 3 is 2.26 bits per heavy atom. The molecule has 8 nitrogen and oxygen atoms in total. The lowest BCUT2D eigenvalue weighted by Gasteiger charge is -2.36. The minimum absolute atomic E-state index is 0.108. The lowest BCUT2D eigenvalue weighted by atomic mass is 9.96. The topological polar surface area (TPSA) is 105 Å². The number of nitrogens with zero attached hydrogens (tertiary/aromatic N) is 2. The number of anilines is 2. The smallest absolute Gasteiger partial charge is 0.248 e. The Hall–Kier alpha value is -3.65. The first-order valence-corrected chi connectivity index (χ1v) is 13.0. The van der Waals surface area contributed by atoms with Crippen LogP contribution in [0.1, 0.15) is 68.5 Å². The van der Waals surface area contributed by atoms with Crippen LogP contribution in [0.4, 0.5) is 11.5 Å². The number of rotatable bonds is 10. The lowest BCUT2D eigenvalue weighted by molar-refractivity contribution is -0.128. The van der Waals surface area contributed by atoms with Crippen LogP contribution in [0.3, 0.4) is 0 Å². The average Bonchev–Trinajstić information content (AvgIpc) is 3.26. The monoisotopic (exact) mass is 538 g/mol. The van der Waals surface area contributed by atoms with Gasteiger partial charge in [0.15, 0.2) is 5.82 Å². The number of aromatic nitrogens is 1. The van der Waals surface area contributed by atoms with Gasteiger partial charge < -0.3 is 15.2 Å². The molecule has 0 aliphatic heterocycles. The van der Waals surface area contributed by atoms with Crippen molar-refractivity contribution >= 4 is 40.8 Å². The van der Waals surface area contributed by atoms with Crippen molar-refractivity contribution in [3.05, 3.63) is 76.0 Å². The van der Waals surface area contributed by atoms with Gasteiger partial charge in [0, 0.05) is 35.0 Å². The van der Waals surface area contributed by atoms with Crippen LogP contribution in [0.2, 0.25) is 5.02 Å². The average molecular weight is 539 g/mol. The van der Waals surface area contributed by atoms with E-state index >= 15 is 0 Å². The van der Waals surface area contributed by atoms with Crippen molar-refractivity contribution in [2.24, 2.45) is 0 Å². The molecule has 38 heavy (non-hydrogen) atoms. The van der Waals surface area contributed by atoms with Gasteiger partial charge in [0.25, 0.3) is 0 Å². The fourth-order valence-corrected chi connectivity index (χ4v) is 4.38. The molecule has 1 aromatic heterocycles. The van der Waals surface area contributed by atoms with Crippen molar-refractivity contribution in [1.29, 1.82) is 0 Å². The van der Waals surface area contributed by atoms with Gasteiger partial charge in [-0.05, 0) is 58.2 Å². The highest BCUT2D eigenvalue weighted by molar-refractivity contribution is 6.31. The fourth-order valence-electron chi connectivity index (χ4n) is 4.14. The number of benzene rings is 2. The molecular weight excluding hydrogens is 504 g/mol. The fraction of sp³-hybridized carbons (Fsp3) is 0.379. The lowest BCUT2D eigenvalue weighted by Crippen LogP contribution is -2.51. The van der Waals surface area contributed by atoms with E-state index < -0.39 is 11.6 Å². The van der Waals surface area contributed by atoms with Crippen LogP contribution in [0.5, 0.6) is 0 Å². The Kier molecular flexibility index (Phi) is 9.33. The van der Waals surface area contributed by atoms with Gasteiger partial charge in [-0.1, -0.05) is 60.1 Å². The normalized spacial score (nSPS) is 12.1. The maximum Gasteiger partial charge on any atom is 0.248 e. The summed E-state index contributed by atoms with van der Waals surface area (Å²) in [5.74, 6) is -0.298. The second kappa shape index (κ2) is 12.3. The summed E-state index contributed by atoms with van der Waals surface area (Å²) in [5.41, 5.74) is 2.24. The summed E-state index contributed by atoms with van der Waals surface area (Å²) in [4.78, 5) is 42.0. The number of amides is 3. The number of carbonyl (C=O) groups excluding carboxylic acids is 3. The molecule has 0 saturated heterocycles. The van der Waals surface area contributed by atoms with E-state index in [9.17, 15) is 14.4 Å². The molecule has 9 heteroatoms. The van der Waals surface area contributed by atoms with Crippen molar-refractivity contribution < 1.29 is 18.9 Å². The molecule has 202 valence electrons. The molecule has 1 heterocycles. The van der Waals surface area contributed by atoms with Crippen LogP contribution in [-0.4, -0.2) is 28.4 Å². The maximum atomic E-state index is 14.0. The molecule has 0 bridgehead atoms. The highest BCUT2D eigenvalue weighted by atomic mass is 35.5. The summed E-state index contributed by atoms with van der Waals surface area (Å²) >= 11 is 6.61. The van der Waals surface area contributed by atoms with E-state index in [2.05, 4.69) is 15.8 Å². The maximum absolute atomic E-state index is 14.0. The summed E-state index contributed by atoms with van der Waals surface area (Å²) in [6.07, 6.45) is 0.443. The van der Waals surface area contributed by atoms with E-state index in [-0.39, 0.29) is 36.4 Å². The summed E-state index contributed by atoms with van der Waals surface area (Å²) in [6.45, 7) is 11.3. The van der Waals surface area contributed by atoms with E-state index in [1.165, 1.54) is 4.90 Å². The molecule has 3 amide bonds. The Morgan fingerprint density at radius 2 is 1.68 bits per heavy atom. The molecule has 3 aromatic rings. The molecule has 1 atom stereocenters. The van der Waals surface area contributed by atoms with Gasteiger partial charge in [0.2, 0.25) is 17.7 Å². The Balaban J connectivity index is 2.04. The van der Waals surface area contributed by atoms with Crippen LogP contribution < -0.4 is 15.5 Å². The summed E-state index contributed by atoms with van der Waals surface area (Å²) < 4.78 is 4.98. The van der Waals surface area contributed by atoms with Gasteiger partial charge in [0.1, 0.15) is 11.8 Å². The van der Waals surface area contributed by atoms with Gasteiger partial charge in [-0.3, -0.25) is 19.3 Å². The number of aryl methyl sites for hydroxylation is 3. The van der Waals surface area contributed by atoms with Crippen molar-refractivity contribution in [2.45, 2.75) is 72.4 Å². The van der Waals surface area contributed by atoms with Crippen LogP contribution in [0.25, 0.3) is 0 Å². The second-order valence-corrected chi connectivity index (χ2v) is 10.4. The molecule has 0 fully saturated rings. The summed E-state index contributed by atoms with van der Waals surface area (Å²) in [7, 11) is 0. The third-order valence-corrected chi connectivity index (χ3v) is 6.81. The van der Waals surface area contributed by atoms with E-state index in [4.69, 9.17) is 16.1 Å². The number of para-hydroxylation sites is 1. The quantitative estimate of drug-likeness (QED) is 0.327. The van der Waals surface area contributed by atoms with E-state index in [1.807, 2.05) is 52.8 Å². The Labute approximate surface area is 228 Å². The van der Waals surface area contributed by atoms with Gasteiger partial charge in [0.05, 0.1) is 5.69 Å². The number of nitrogens with one attached hydrogen (secondary N) is 2. The zero-order valence-corrected chi connectivity index (χ0v) is 23.5. The van der Waals surface area contributed by atoms with Crippen LogP contribution in [0, 0.1) is 20.8 Å². The predicted octanol–water partition coefficient (Wildman–Crippen LogP) is 6.05. The van der Waals surface area contributed by atoms with E-state index in [1.54, 1.807) is 37.3 Å². The van der Waals surface area contributed by atoms with E-state index in [0.717, 1.165) is 11.1 Å².